The van der Waals surface area contributed by atoms with Crippen molar-refractivity contribution in [2.45, 2.75) is 45.6 Å². The molecule has 2 N–H and O–H groups in total. The van der Waals surface area contributed by atoms with Gasteiger partial charge in [-0.25, -0.2) is 9.97 Å². The molecule has 0 spiro atoms. The highest BCUT2D eigenvalue weighted by molar-refractivity contribution is 5.57. The molecule has 1 fully saturated rings. The number of likely N-dealkylation sites (N-methyl/N-ethyl adjacent to an activating group) is 1. The summed E-state index contributed by atoms with van der Waals surface area (Å²) in [6, 6.07) is 0.585. The number of nitrogen functional groups attached to an aromatic ring is 1. The van der Waals surface area contributed by atoms with Gasteiger partial charge in [0.15, 0.2) is 0 Å². The van der Waals surface area contributed by atoms with E-state index in [2.05, 4.69) is 42.7 Å². The second-order valence-corrected chi connectivity index (χ2v) is 6.28. The lowest BCUT2D eigenvalue weighted by Crippen LogP contribution is -2.45. The van der Waals surface area contributed by atoms with E-state index in [-0.39, 0.29) is 0 Å². The van der Waals surface area contributed by atoms with E-state index in [1.165, 1.54) is 12.8 Å². The normalized spacial score (nSPS) is 19.9. The monoisotopic (exact) mass is 277 g/mol. The second-order valence-electron chi connectivity index (χ2n) is 6.28. The van der Waals surface area contributed by atoms with Gasteiger partial charge in [-0.15, -0.1) is 0 Å². The molecule has 1 aromatic heterocycles. The number of anilines is 2. The summed E-state index contributed by atoms with van der Waals surface area (Å²) < 4.78 is 0. The van der Waals surface area contributed by atoms with E-state index in [1.54, 1.807) is 0 Å². The molecule has 20 heavy (non-hydrogen) atoms. The zero-order valence-electron chi connectivity index (χ0n) is 13.3. The average Bonchev–Trinajstić information content (AvgIpc) is 2.41. The van der Waals surface area contributed by atoms with Crippen molar-refractivity contribution in [3.63, 3.8) is 0 Å². The molecule has 5 nitrogen and oxygen atoms in total. The first-order valence-corrected chi connectivity index (χ1v) is 7.45. The van der Waals surface area contributed by atoms with E-state index >= 15 is 0 Å². The van der Waals surface area contributed by atoms with Crippen molar-refractivity contribution in [1.29, 1.82) is 0 Å². The van der Waals surface area contributed by atoms with Gasteiger partial charge in [-0.2, -0.15) is 0 Å². The fraction of sp³-hybridized carbons (Fsp3) is 0.733. The number of piperidine rings is 1. The van der Waals surface area contributed by atoms with Crippen molar-refractivity contribution in [2.24, 2.45) is 0 Å². The number of nitrogens with zero attached hydrogens (tertiary/aromatic N) is 4. The third-order valence-corrected chi connectivity index (χ3v) is 4.12. The minimum Gasteiger partial charge on any atom is -0.383 e. The summed E-state index contributed by atoms with van der Waals surface area (Å²) in [4.78, 5) is 13.8. The van der Waals surface area contributed by atoms with Crippen molar-refractivity contribution >= 4 is 11.6 Å². The Kier molecular flexibility index (Phi) is 4.48. The summed E-state index contributed by atoms with van der Waals surface area (Å²) in [6.45, 7) is 8.30. The molecule has 0 amide bonds. The Hall–Kier alpha value is -1.36. The third-order valence-electron chi connectivity index (χ3n) is 4.12. The highest BCUT2D eigenvalue weighted by Gasteiger charge is 2.24. The Labute approximate surface area is 122 Å². The van der Waals surface area contributed by atoms with Gasteiger partial charge in [0, 0.05) is 30.6 Å². The lowest BCUT2D eigenvalue weighted by Gasteiger charge is -2.37. The number of rotatable bonds is 3. The summed E-state index contributed by atoms with van der Waals surface area (Å²) in [5, 5.41) is 0. The van der Waals surface area contributed by atoms with E-state index in [0.717, 1.165) is 30.3 Å². The van der Waals surface area contributed by atoms with Crippen LogP contribution in [0.3, 0.4) is 0 Å². The Morgan fingerprint density at radius 2 is 2.00 bits per heavy atom. The van der Waals surface area contributed by atoms with Gasteiger partial charge < -0.3 is 15.5 Å². The van der Waals surface area contributed by atoms with E-state index in [4.69, 9.17) is 10.7 Å². The van der Waals surface area contributed by atoms with Crippen LogP contribution >= 0.6 is 0 Å². The SMILES string of the molecule is Cc1c(N)nc(C(C)C)nc1N1CCCC(N(C)C)C1. The predicted molar refractivity (Wildman–Crippen MR) is 84.2 cm³/mol. The van der Waals surface area contributed by atoms with Gasteiger partial charge >= 0.3 is 0 Å². The number of aromatic nitrogens is 2. The van der Waals surface area contributed by atoms with Gasteiger partial charge in [0.25, 0.3) is 0 Å². The van der Waals surface area contributed by atoms with Crippen molar-refractivity contribution < 1.29 is 0 Å². The first kappa shape index (κ1) is 15.0. The molecule has 1 aliphatic heterocycles. The van der Waals surface area contributed by atoms with Crippen LogP contribution < -0.4 is 10.6 Å². The summed E-state index contributed by atoms with van der Waals surface area (Å²) >= 11 is 0. The third kappa shape index (κ3) is 3.03. The fourth-order valence-corrected chi connectivity index (χ4v) is 2.67. The van der Waals surface area contributed by atoms with E-state index < -0.39 is 0 Å². The van der Waals surface area contributed by atoms with Gasteiger partial charge in [-0.1, -0.05) is 13.8 Å². The molecular formula is C15H27N5. The maximum atomic E-state index is 6.07. The Balaban J connectivity index is 2.31. The number of nitrogens with two attached hydrogens (primary N) is 1. The van der Waals surface area contributed by atoms with Crippen LogP contribution in [0, 0.1) is 6.92 Å². The summed E-state index contributed by atoms with van der Waals surface area (Å²) in [6.07, 6.45) is 2.45. The Bertz CT molecular complexity index is 470. The molecular weight excluding hydrogens is 250 g/mol. The minimum absolute atomic E-state index is 0.297. The minimum atomic E-state index is 0.297. The molecule has 112 valence electrons. The zero-order valence-corrected chi connectivity index (χ0v) is 13.3. The maximum absolute atomic E-state index is 6.07. The lowest BCUT2D eigenvalue weighted by atomic mass is 10.0. The van der Waals surface area contributed by atoms with Gasteiger partial charge in [0.05, 0.1) is 0 Å². The molecule has 1 saturated heterocycles. The van der Waals surface area contributed by atoms with Crippen molar-refractivity contribution in [3.8, 4) is 0 Å². The van der Waals surface area contributed by atoms with Crippen LogP contribution in [-0.4, -0.2) is 48.1 Å². The summed E-state index contributed by atoms with van der Waals surface area (Å²) in [5.74, 6) is 2.78. The maximum Gasteiger partial charge on any atom is 0.137 e. The topological polar surface area (TPSA) is 58.3 Å². The Morgan fingerprint density at radius 1 is 1.30 bits per heavy atom. The molecule has 1 aliphatic rings. The molecule has 1 aromatic rings. The van der Waals surface area contributed by atoms with Gasteiger partial charge in [-0.3, -0.25) is 0 Å². The first-order valence-electron chi connectivity index (χ1n) is 7.45. The molecule has 1 unspecified atom stereocenters. The molecule has 0 aromatic carbocycles. The standard InChI is InChI=1S/C15H27N5/c1-10(2)14-17-13(16)11(3)15(18-14)20-8-6-7-12(9-20)19(4)5/h10,12H,6-9H2,1-5H3,(H2,16,17,18). The smallest absolute Gasteiger partial charge is 0.137 e. The quantitative estimate of drug-likeness (QED) is 0.916. The van der Waals surface area contributed by atoms with E-state index in [0.29, 0.717) is 17.8 Å². The fourth-order valence-electron chi connectivity index (χ4n) is 2.67. The van der Waals surface area contributed by atoms with Crippen molar-refractivity contribution in [2.75, 3.05) is 37.8 Å². The molecule has 0 aliphatic carbocycles. The van der Waals surface area contributed by atoms with Crippen molar-refractivity contribution in [1.82, 2.24) is 14.9 Å². The van der Waals surface area contributed by atoms with E-state index in [9.17, 15) is 0 Å². The number of hydrogen-bond donors (Lipinski definition) is 1. The van der Waals surface area contributed by atoms with Crippen molar-refractivity contribution in [3.05, 3.63) is 11.4 Å². The molecule has 2 rings (SSSR count). The summed E-state index contributed by atoms with van der Waals surface area (Å²) in [5.41, 5.74) is 7.08. The number of hydrogen-bond acceptors (Lipinski definition) is 5. The van der Waals surface area contributed by atoms with Gasteiger partial charge in [0.1, 0.15) is 17.5 Å². The van der Waals surface area contributed by atoms with Crippen LogP contribution in [0.2, 0.25) is 0 Å². The van der Waals surface area contributed by atoms with Crippen LogP contribution in [0.25, 0.3) is 0 Å². The molecule has 1 atom stereocenters. The van der Waals surface area contributed by atoms with Crippen LogP contribution in [0.1, 0.15) is 44.0 Å². The van der Waals surface area contributed by atoms with Gasteiger partial charge in [0.2, 0.25) is 0 Å². The first-order chi connectivity index (χ1) is 9.40. The lowest BCUT2D eigenvalue weighted by molar-refractivity contribution is 0.257. The molecule has 0 saturated carbocycles. The largest absolute Gasteiger partial charge is 0.383 e. The average molecular weight is 277 g/mol. The van der Waals surface area contributed by atoms with Gasteiger partial charge in [-0.05, 0) is 33.9 Å². The van der Waals surface area contributed by atoms with Crippen LogP contribution in [0.5, 0.6) is 0 Å². The van der Waals surface area contributed by atoms with Crippen LogP contribution in [0.4, 0.5) is 11.6 Å². The molecule has 0 radical (unpaired) electrons. The highest BCUT2D eigenvalue weighted by atomic mass is 15.3. The zero-order chi connectivity index (χ0) is 14.9. The predicted octanol–water partition coefficient (Wildman–Crippen LogP) is 2.02. The second kappa shape index (κ2) is 5.95. The summed E-state index contributed by atoms with van der Waals surface area (Å²) in [7, 11) is 4.30. The van der Waals surface area contributed by atoms with Crippen LogP contribution in [-0.2, 0) is 0 Å². The molecule has 0 bridgehead atoms. The molecule has 2 heterocycles. The highest BCUT2D eigenvalue weighted by Crippen LogP contribution is 2.27. The van der Waals surface area contributed by atoms with Crippen LogP contribution in [0.15, 0.2) is 0 Å². The Morgan fingerprint density at radius 3 is 2.60 bits per heavy atom. The van der Waals surface area contributed by atoms with E-state index in [1.807, 2.05) is 6.92 Å². The molecule has 5 heteroatoms.